The number of rotatable bonds is 4. The summed E-state index contributed by atoms with van der Waals surface area (Å²) in [6, 6.07) is 4.15. The van der Waals surface area contributed by atoms with Crippen LogP contribution in [0.3, 0.4) is 0 Å². The van der Waals surface area contributed by atoms with Crippen LogP contribution in [-0.4, -0.2) is 0 Å². The van der Waals surface area contributed by atoms with E-state index in [-0.39, 0.29) is 0 Å². The van der Waals surface area contributed by atoms with Crippen LogP contribution in [0.25, 0.3) is 11.2 Å². The second-order valence-corrected chi connectivity index (χ2v) is 3.16. The van der Waals surface area contributed by atoms with Crippen molar-refractivity contribution >= 4 is 11.2 Å². The summed E-state index contributed by atoms with van der Waals surface area (Å²) in [5.74, 6) is 0. The lowest BCUT2D eigenvalue weighted by Crippen LogP contribution is -1.83. The number of hydrogen-bond donors (Lipinski definition) is 0. The highest BCUT2D eigenvalue weighted by molar-refractivity contribution is 5.71. The average Bonchev–Trinajstić information content (AvgIpc) is 2.64. The third-order valence-corrected chi connectivity index (χ3v) is 2.16. The summed E-state index contributed by atoms with van der Waals surface area (Å²) in [6.07, 6.45) is 5.56. The normalized spacial score (nSPS) is 10.8. The fraction of sp³-hybridized carbons (Fsp3) is 0.167. The first kappa shape index (κ1) is 8.11. The van der Waals surface area contributed by atoms with Crippen molar-refractivity contribution in [2.45, 2.75) is 12.8 Å². The van der Waals surface area contributed by atoms with Gasteiger partial charge in [0.15, 0.2) is 0 Å². The van der Waals surface area contributed by atoms with Crippen molar-refractivity contribution in [1.82, 2.24) is 0 Å². The predicted octanol–water partition coefficient (Wildman–Crippen LogP) is 3.33. The number of hydrogen-bond acceptors (Lipinski definition) is 1. The molecule has 0 unspecified atom stereocenters. The Morgan fingerprint density at radius 2 is 1.62 bits per heavy atom. The molecular formula is C12H12O. The second kappa shape index (κ2) is 3.09. The Bertz CT molecular complexity index is 388. The molecule has 0 amide bonds. The molecule has 0 atom stereocenters. The molecule has 2 aromatic heterocycles. The average molecular weight is 172 g/mol. The Labute approximate surface area is 77.7 Å². The first-order chi connectivity index (χ1) is 6.35. The van der Waals surface area contributed by atoms with Gasteiger partial charge in [0.05, 0.1) is 0 Å². The molecule has 0 aromatic carbocycles. The summed E-state index contributed by atoms with van der Waals surface area (Å²) in [5, 5.41) is 0. The molecule has 0 saturated heterocycles. The van der Waals surface area contributed by atoms with Crippen LogP contribution < -0.4 is 0 Å². The van der Waals surface area contributed by atoms with Gasteiger partial charge in [0.1, 0.15) is 11.2 Å². The molecule has 0 aliphatic heterocycles. The maximum Gasteiger partial charge on any atom is 0.134 e. The van der Waals surface area contributed by atoms with E-state index in [9.17, 15) is 0 Å². The molecule has 1 nitrogen and oxygen atoms in total. The van der Waals surface area contributed by atoms with Gasteiger partial charge in [-0.1, -0.05) is 12.2 Å². The van der Waals surface area contributed by atoms with E-state index >= 15 is 0 Å². The molecule has 0 fully saturated rings. The van der Waals surface area contributed by atoms with Crippen molar-refractivity contribution in [2.75, 3.05) is 0 Å². The standard InChI is InChI=1S/C12H12O/c1-3-5-9-7-11-8-10(6-4-2)12(9)13-11/h3-4,7-8H,1-2,5-6H2. The van der Waals surface area contributed by atoms with Crippen LogP contribution in [0.15, 0.2) is 41.9 Å². The monoisotopic (exact) mass is 172 g/mol. The van der Waals surface area contributed by atoms with Crippen LogP contribution in [0.1, 0.15) is 11.1 Å². The Balaban J connectivity index is 2.44. The number of fused-ring (bicyclic) bond motifs is 2. The topological polar surface area (TPSA) is 13.1 Å². The number of allylic oxidation sites excluding steroid dienone is 2. The fourth-order valence-electron chi connectivity index (χ4n) is 1.64. The van der Waals surface area contributed by atoms with E-state index < -0.39 is 0 Å². The van der Waals surface area contributed by atoms with E-state index in [0.29, 0.717) is 0 Å². The minimum absolute atomic E-state index is 0.882. The molecule has 0 N–H and O–H groups in total. The largest absolute Gasteiger partial charge is 0.457 e. The lowest BCUT2D eigenvalue weighted by Gasteiger charge is -1.95. The molecule has 66 valence electrons. The Morgan fingerprint density at radius 3 is 2.00 bits per heavy atom. The van der Waals surface area contributed by atoms with Crippen molar-refractivity contribution < 1.29 is 4.42 Å². The Hall–Kier alpha value is -1.50. The predicted molar refractivity (Wildman–Crippen MR) is 55.2 cm³/mol. The summed E-state index contributed by atoms with van der Waals surface area (Å²) in [5.41, 5.74) is 4.47. The summed E-state index contributed by atoms with van der Waals surface area (Å²) < 4.78 is 5.56. The highest BCUT2D eigenvalue weighted by Crippen LogP contribution is 2.28. The maximum atomic E-state index is 5.56. The minimum atomic E-state index is 0.882. The van der Waals surface area contributed by atoms with Gasteiger partial charge in [-0.3, -0.25) is 0 Å². The van der Waals surface area contributed by atoms with E-state index in [2.05, 4.69) is 25.3 Å². The Kier molecular flexibility index (Phi) is 1.93. The maximum absolute atomic E-state index is 5.56. The van der Waals surface area contributed by atoms with Gasteiger partial charge in [-0.05, 0) is 25.0 Å². The van der Waals surface area contributed by atoms with Gasteiger partial charge in [0, 0.05) is 11.1 Å². The number of furan rings is 2. The van der Waals surface area contributed by atoms with Gasteiger partial charge in [0.2, 0.25) is 0 Å². The molecule has 1 heteroatoms. The van der Waals surface area contributed by atoms with Gasteiger partial charge in [-0.25, -0.2) is 0 Å². The fourth-order valence-corrected chi connectivity index (χ4v) is 1.64. The summed E-state index contributed by atoms with van der Waals surface area (Å²) in [4.78, 5) is 0. The molecule has 0 radical (unpaired) electrons. The van der Waals surface area contributed by atoms with Crippen LogP contribution >= 0.6 is 0 Å². The molecule has 2 heterocycles. The quantitative estimate of drug-likeness (QED) is 0.645. The van der Waals surface area contributed by atoms with E-state index in [1.165, 1.54) is 11.1 Å². The highest BCUT2D eigenvalue weighted by Gasteiger charge is 2.11. The van der Waals surface area contributed by atoms with E-state index in [1.807, 2.05) is 12.2 Å². The van der Waals surface area contributed by atoms with Gasteiger partial charge >= 0.3 is 0 Å². The molecule has 0 aliphatic rings. The van der Waals surface area contributed by atoms with Crippen LogP contribution in [-0.2, 0) is 12.8 Å². The zero-order valence-electron chi connectivity index (χ0n) is 7.55. The first-order valence-corrected chi connectivity index (χ1v) is 4.40. The van der Waals surface area contributed by atoms with Gasteiger partial charge < -0.3 is 4.42 Å². The highest BCUT2D eigenvalue weighted by atomic mass is 16.3. The number of benzene rings is 1. The summed E-state index contributed by atoms with van der Waals surface area (Å²) >= 11 is 0. The van der Waals surface area contributed by atoms with E-state index in [0.717, 1.165) is 24.0 Å². The molecule has 0 spiro atoms. The molecular weight excluding hydrogens is 160 g/mol. The lowest BCUT2D eigenvalue weighted by molar-refractivity contribution is 0.671. The van der Waals surface area contributed by atoms with Crippen LogP contribution in [0.2, 0.25) is 0 Å². The first-order valence-electron chi connectivity index (χ1n) is 4.40. The molecule has 2 bridgehead atoms. The zero-order valence-corrected chi connectivity index (χ0v) is 7.55. The van der Waals surface area contributed by atoms with Gasteiger partial charge in [-0.15, -0.1) is 13.2 Å². The van der Waals surface area contributed by atoms with E-state index in [4.69, 9.17) is 4.42 Å². The molecule has 2 aromatic rings. The lowest BCUT2D eigenvalue weighted by atomic mass is 10.1. The van der Waals surface area contributed by atoms with Gasteiger partial charge in [0.25, 0.3) is 0 Å². The molecule has 2 rings (SSSR count). The third kappa shape index (κ3) is 1.26. The van der Waals surface area contributed by atoms with Crippen molar-refractivity contribution in [3.05, 3.63) is 48.6 Å². The van der Waals surface area contributed by atoms with Crippen molar-refractivity contribution in [2.24, 2.45) is 0 Å². The third-order valence-electron chi connectivity index (χ3n) is 2.16. The molecule has 0 saturated carbocycles. The van der Waals surface area contributed by atoms with Crippen LogP contribution in [0.5, 0.6) is 0 Å². The minimum Gasteiger partial charge on any atom is -0.457 e. The van der Waals surface area contributed by atoms with Gasteiger partial charge in [-0.2, -0.15) is 0 Å². The van der Waals surface area contributed by atoms with Crippen molar-refractivity contribution in [3.63, 3.8) is 0 Å². The second-order valence-electron chi connectivity index (χ2n) is 3.16. The Morgan fingerprint density at radius 1 is 1.08 bits per heavy atom. The van der Waals surface area contributed by atoms with Crippen LogP contribution in [0, 0.1) is 0 Å². The summed E-state index contributed by atoms with van der Waals surface area (Å²) in [6.45, 7) is 7.44. The smallest absolute Gasteiger partial charge is 0.134 e. The van der Waals surface area contributed by atoms with Crippen LogP contribution in [0.4, 0.5) is 0 Å². The van der Waals surface area contributed by atoms with Crippen molar-refractivity contribution in [1.29, 1.82) is 0 Å². The van der Waals surface area contributed by atoms with E-state index in [1.54, 1.807) is 0 Å². The molecule has 13 heavy (non-hydrogen) atoms. The zero-order chi connectivity index (χ0) is 9.26. The van der Waals surface area contributed by atoms with Crippen molar-refractivity contribution in [3.8, 4) is 0 Å². The molecule has 0 aliphatic carbocycles. The SMILES string of the molecule is C=CCc1cc2cc(CC=C)c1o2. The summed E-state index contributed by atoms with van der Waals surface area (Å²) in [7, 11) is 0.